The van der Waals surface area contributed by atoms with Crippen molar-refractivity contribution in [3.63, 3.8) is 0 Å². The smallest absolute Gasteiger partial charge is 0.0223 e. The van der Waals surface area contributed by atoms with E-state index >= 15 is 0 Å². The van der Waals surface area contributed by atoms with Crippen molar-refractivity contribution in [1.82, 2.24) is 0 Å². The first kappa shape index (κ1) is 20.3. The van der Waals surface area contributed by atoms with Crippen LogP contribution < -0.4 is 0 Å². The molecule has 0 bridgehead atoms. The highest BCUT2D eigenvalue weighted by Crippen LogP contribution is 2.13. The highest BCUT2D eigenvalue weighted by molar-refractivity contribution is 6.25. The van der Waals surface area contributed by atoms with Crippen molar-refractivity contribution in [3.8, 4) is 0 Å². The van der Waals surface area contributed by atoms with E-state index in [1.54, 1.807) is 5.54 Å². The molecule has 0 aromatic heterocycles. The number of rotatable bonds is 16. The van der Waals surface area contributed by atoms with Gasteiger partial charge in [-0.25, -0.2) is 0 Å². The molecule has 0 aliphatic heterocycles. The van der Waals surface area contributed by atoms with E-state index in [2.05, 4.69) is 6.08 Å². The van der Waals surface area contributed by atoms with Gasteiger partial charge < -0.3 is 0 Å². The summed E-state index contributed by atoms with van der Waals surface area (Å²) in [7, 11) is 0. The summed E-state index contributed by atoms with van der Waals surface area (Å²) >= 11 is 11.1. The molecule has 0 aromatic carbocycles. The summed E-state index contributed by atoms with van der Waals surface area (Å²) in [4.78, 5) is 0. The second-order valence-electron chi connectivity index (χ2n) is 5.79. The summed E-state index contributed by atoms with van der Waals surface area (Å²) in [6.45, 7) is 0. The first-order chi connectivity index (χ1) is 9.91. The summed E-state index contributed by atoms with van der Waals surface area (Å²) in [5.74, 6) is 0.837. The van der Waals surface area contributed by atoms with Crippen molar-refractivity contribution < 1.29 is 0 Å². The molecule has 20 heavy (non-hydrogen) atoms. The van der Waals surface area contributed by atoms with Crippen molar-refractivity contribution in [2.24, 2.45) is 0 Å². The van der Waals surface area contributed by atoms with E-state index in [4.69, 9.17) is 23.2 Å². The molecule has 120 valence electrons. The van der Waals surface area contributed by atoms with Gasteiger partial charge in [0, 0.05) is 11.4 Å². The van der Waals surface area contributed by atoms with Crippen LogP contribution in [0.4, 0.5) is 0 Å². The fourth-order valence-corrected chi connectivity index (χ4v) is 2.86. The average molecular weight is 321 g/mol. The maximum Gasteiger partial charge on any atom is 0.0223 e. The van der Waals surface area contributed by atoms with Gasteiger partial charge in [0.25, 0.3) is 0 Å². The molecule has 0 aliphatic carbocycles. The van der Waals surface area contributed by atoms with Crippen LogP contribution in [0.3, 0.4) is 0 Å². The van der Waals surface area contributed by atoms with Gasteiger partial charge in [-0.3, -0.25) is 0 Å². The van der Waals surface area contributed by atoms with Gasteiger partial charge in [-0.15, -0.1) is 11.6 Å². The lowest BCUT2D eigenvalue weighted by molar-refractivity contribution is 0.536. The third kappa shape index (κ3) is 18.3. The predicted octanol–water partition coefficient (Wildman–Crippen LogP) is 7.83. The van der Waals surface area contributed by atoms with Gasteiger partial charge in [0.15, 0.2) is 0 Å². The molecule has 0 saturated carbocycles. The molecule has 0 aromatic rings. The summed E-state index contributed by atoms with van der Waals surface area (Å²) in [6, 6.07) is 0. The van der Waals surface area contributed by atoms with E-state index in [9.17, 15) is 0 Å². The van der Waals surface area contributed by atoms with E-state index in [0.29, 0.717) is 0 Å². The second kappa shape index (κ2) is 19.3. The fraction of sp³-hybridized carbons (Fsp3) is 0.889. The molecule has 0 saturated heterocycles. The molecule has 0 rings (SSSR count). The number of hydrogen-bond acceptors (Lipinski definition) is 0. The highest BCUT2D eigenvalue weighted by Gasteiger charge is 1.94. The van der Waals surface area contributed by atoms with E-state index in [-0.39, 0.29) is 0 Å². The molecule has 0 fully saturated rings. The van der Waals surface area contributed by atoms with Crippen molar-refractivity contribution in [1.29, 1.82) is 0 Å². The highest BCUT2D eigenvalue weighted by atomic mass is 35.5. The number of allylic oxidation sites excluding steroid dienone is 1. The Morgan fingerprint density at radius 1 is 0.500 bits per heavy atom. The molecule has 0 nitrogen and oxygen atoms in total. The Labute approximate surface area is 137 Å². The third-order valence-electron chi connectivity index (χ3n) is 3.84. The molecular weight excluding hydrogens is 287 g/mol. The minimum Gasteiger partial charge on any atom is -0.127 e. The molecular formula is C18H34Cl2. The first-order valence-corrected chi connectivity index (χ1v) is 9.70. The normalized spacial score (nSPS) is 11.5. The Morgan fingerprint density at radius 3 is 1.20 bits per heavy atom. The van der Waals surface area contributed by atoms with Crippen LogP contribution in [-0.2, 0) is 0 Å². The van der Waals surface area contributed by atoms with Gasteiger partial charge >= 0.3 is 0 Å². The van der Waals surface area contributed by atoms with Crippen molar-refractivity contribution in [2.75, 3.05) is 5.88 Å². The largest absolute Gasteiger partial charge is 0.127 e. The zero-order chi connectivity index (χ0) is 14.7. The van der Waals surface area contributed by atoms with Crippen LogP contribution in [-0.4, -0.2) is 5.88 Å². The van der Waals surface area contributed by atoms with Gasteiger partial charge in [-0.1, -0.05) is 94.7 Å². The number of unbranched alkanes of at least 4 members (excludes halogenated alkanes) is 14. The average Bonchev–Trinajstić information content (AvgIpc) is 2.47. The predicted molar refractivity (Wildman–Crippen MR) is 95.0 cm³/mol. The Balaban J connectivity index is 2.92. The van der Waals surface area contributed by atoms with Crippen LogP contribution in [0.1, 0.15) is 96.3 Å². The van der Waals surface area contributed by atoms with Crippen LogP contribution in [0.15, 0.2) is 11.6 Å². The van der Waals surface area contributed by atoms with Gasteiger partial charge in [0.1, 0.15) is 0 Å². The van der Waals surface area contributed by atoms with E-state index in [0.717, 1.165) is 12.3 Å². The molecule has 0 amide bonds. The SMILES string of the molecule is ClC=CCCCCCCCCCCCCCCCCCl. The van der Waals surface area contributed by atoms with Crippen LogP contribution in [0, 0.1) is 0 Å². The van der Waals surface area contributed by atoms with E-state index in [1.165, 1.54) is 89.9 Å². The maximum absolute atomic E-state index is 5.66. The zero-order valence-corrected chi connectivity index (χ0v) is 14.7. The molecule has 0 heterocycles. The Morgan fingerprint density at radius 2 is 0.850 bits per heavy atom. The second-order valence-corrected chi connectivity index (χ2v) is 6.42. The fourth-order valence-electron chi connectivity index (χ4n) is 2.54. The molecule has 0 spiro atoms. The molecule has 0 N–H and O–H groups in total. The minimum absolute atomic E-state index is 0.837. The van der Waals surface area contributed by atoms with Gasteiger partial charge in [-0.2, -0.15) is 0 Å². The lowest BCUT2D eigenvalue weighted by atomic mass is 10.0. The zero-order valence-electron chi connectivity index (χ0n) is 13.2. The summed E-state index contributed by atoms with van der Waals surface area (Å²) in [5.41, 5.74) is 1.64. The standard InChI is InChI=1S/C18H34Cl2/c19-17-15-13-11-9-7-5-3-1-2-4-6-8-10-12-14-16-18-20/h15,17H,1-14,16,18H2. The molecule has 0 unspecified atom stereocenters. The lowest BCUT2D eigenvalue weighted by Gasteiger charge is -2.03. The summed E-state index contributed by atoms with van der Waals surface area (Å²) in [6.07, 6.45) is 22.6. The van der Waals surface area contributed by atoms with Crippen LogP contribution >= 0.6 is 23.2 Å². The van der Waals surface area contributed by atoms with Gasteiger partial charge in [0.2, 0.25) is 0 Å². The third-order valence-corrected chi connectivity index (χ3v) is 4.29. The maximum atomic E-state index is 5.66. The first-order valence-electron chi connectivity index (χ1n) is 8.73. The Kier molecular flexibility index (Phi) is 19.6. The Hall–Kier alpha value is 0.320. The van der Waals surface area contributed by atoms with Gasteiger partial charge in [0.05, 0.1) is 0 Å². The van der Waals surface area contributed by atoms with Crippen molar-refractivity contribution >= 4 is 23.2 Å². The van der Waals surface area contributed by atoms with E-state index in [1.807, 2.05) is 0 Å². The van der Waals surface area contributed by atoms with Crippen molar-refractivity contribution in [3.05, 3.63) is 11.6 Å². The van der Waals surface area contributed by atoms with Crippen LogP contribution in [0.2, 0.25) is 0 Å². The monoisotopic (exact) mass is 320 g/mol. The van der Waals surface area contributed by atoms with Gasteiger partial charge in [-0.05, 0) is 19.3 Å². The Bertz CT molecular complexity index is 190. The summed E-state index contributed by atoms with van der Waals surface area (Å²) < 4.78 is 0. The minimum atomic E-state index is 0.837. The topological polar surface area (TPSA) is 0 Å². The number of halogens is 2. The quantitative estimate of drug-likeness (QED) is 0.201. The number of alkyl halides is 1. The van der Waals surface area contributed by atoms with Crippen LogP contribution in [0.5, 0.6) is 0 Å². The van der Waals surface area contributed by atoms with E-state index < -0.39 is 0 Å². The molecule has 0 radical (unpaired) electrons. The molecule has 0 aliphatic rings. The molecule has 0 atom stereocenters. The summed E-state index contributed by atoms with van der Waals surface area (Å²) in [5, 5.41) is 0. The lowest BCUT2D eigenvalue weighted by Crippen LogP contribution is -1.83. The van der Waals surface area contributed by atoms with Crippen LogP contribution in [0.25, 0.3) is 0 Å². The van der Waals surface area contributed by atoms with Crippen molar-refractivity contribution in [2.45, 2.75) is 96.3 Å². The number of hydrogen-bond donors (Lipinski definition) is 0. The molecule has 2 heteroatoms.